The van der Waals surface area contributed by atoms with Crippen molar-refractivity contribution in [1.29, 1.82) is 0 Å². The number of carbonyl (C=O) groups excluding carboxylic acids is 1. The van der Waals surface area contributed by atoms with E-state index in [1.165, 1.54) is 18.2 Å². The number of nitro benzene ring substituents is 1. The first kappa shape index (κ1) is 20.9. The standard InChI is InChI=1S/C20H23FN2O3S/c1-3-4-14(2)11-12-22-20(24)15-5-10-19(18(13-15)23(25)26)27-17-8-6-16(21)7-9-17/h5-10,13-14H,3-4,11-12H2,1-2H3,(H,22,24). The number of nitro groups is 1. The molecule has 1 unspecified atom stereocenters. The number of amides is 1. The van der Waals surface area contributed by atoms with E-state index in [9.17, 15) is 19.3 Å². The van der Waals surface area contributed by atoms with Crippen LogP contribution < -0.4 is 5.32 Å². The van der Waals surface area contributed by atoms with Crippen LogP contribution in [-0.2, 0) is 0 Å². The third kappa shape index (κ3) is 6.36. The van der Waals surface area contributed by atoms with Crippen molar-refractivity contribution in [3.63, 3.8) is 0 Å². The van der Waals surface area contributed by atoms with Crippen molar-refractivity contribution in [1.82, 2.24) is 5.32 Å². The molecule has 1 amide bonds. The van der Waals surface area contributed by atoms with Gasteiger partial charge >= 0.3 is 0 Å². The number of carbonyl (C=O) groups is 1. The summed E-state index contributed by atoms with van der Waals surface area (Å²) < 4.78 is 13.0. The van der Waals surface area contributed by atoms with Crippen molar-refractivity contribution in [2.24, 2.45) is 5.92 Å². The largest absolute Gasteiger partial charge is 0.352 e. The first-order valence-electron chi connectivity index (χ1n) is 8.90. The third-order valence-corrected chi connectivity index (χ3v) is 5.24. The van der Waals surface area contributed by atoms with Crippen LogP contribution in [0.4, 0.5) is 10.1 Å². The molecule has 5 nitrogen and oxygen atoms in total. The van der Waals surface area contributed by atoms with E-state index in [0.29, 0.717) is 22.3 Å². The number of nitrogens with zero attached hydrogens (tertiary/aromatic N) is 1. The van der Waals surface area contributed by atoms with Crippen LogP contribution in [0.25, 0.3) is 0 Å². The highest BCUT2D eigenvalue weighted by Gasteiger charge is 2.18. The lowest BCUT2D eigenvalue weighted by Crippen LogP contribution is -2.25. The van der Waals surface area contributed by atoms with Crippen LogP contribution >= 0.6 is 11.8 Å². The molecule has 0 aromatic heterocycles. The summed E-state index contributed by atoms with van der Waals surface area (Å²) in [4.78, 5) is 24.3. The third-order valence-electron chi connectivity index (χ3n) is 4.16. The Morgan fingerprint density at radius 3 is 2.56 bits per heavy atom. The monoisotopic (exact) mass is 390 g/mol. The SMILES string of the molecule is CCCC(C)CCNC(=O)c1ccc(Sc2ccc(F)cc2)c([N+](=O)[O-])c1. The summed E-state index contributed by atoms with van der Waals surface area (Å²) in [5, 5.41) is 14.2. The average molecular weight is 390 g/mol. The molecule has 1 atom stereocenters. The number of hydrogen-bond acceptors (Lipinski definition) is 4. The summed E-state index contributed by atoms with van der Waals surface area (Å²) >= 11 is 1.16. The molecule has 1 N–H and O–H groups in total. The highest BCUT2D eigenvalue weighted by atomic mass is 32.2. The van der Waals surface area contributed by atoms with E-state index in [0.717, 1.165) is 31.0 Å². The fourth-order valence-corrected chi connectivity index (χ4v) is 3.59. The smallest absolute Gasteiger partial charge is 0.284 e. The van der Waals surface area contributed by atoms with Crippen LogP contribution in [0.2, 0.25) is 0 Å². The minimum Gasteiger partial charge on any atom is -0.352 e. The Hall–Kier alpha value is -2.41. The zero-order valence-corrected chi connectivity index (χ0v) is 16.2. The summed E-state index contributed by atoms with van der Waals surface area (Å²) in [5.41, 5.74) is 0.115. The molecule has 0 saturated heterocycles. The highest BCUT2D eigenvalue weighted by molar-refractivity contribution is 7.99. The minimum atomic E-state index is -0.508. The van der Waals surface area contributed by atoms with Crippen molar-refractivity contribution in [3.05, 3.63) is 64.0 Å². The van der Waals surface area contributed by atoms with E-state index >= 15 is 0 Å². The molecule has 2 rings (SSSR count). The van der Waals surface area contributed by atoms with Gasteiger partial charge in [0.25, 0.3) is 11.6 Å². The van der Waals surface area contributed by atoms with Gasteiger partial charge in [-0.05, 0) is 48.7 Å². The second-order valence-electron chi connectivity index (χ2n) is 6.43. The molecule has 144 valence electrons. The summed E-state index contributed by atoms with van der Waals surface area (Å²) in [5.74, 6) is -0.159. The van der Waals surface area contributed by atoms with Gasteiger partial charge < -0.3 is 5.32 Å². The van der Waals surface area contributed by atoms with Crippen molar-refractivity contribution < 1.29 is 14.1 Å². The zero-order valence-electron chi connectivity index (χ0n) is 15.4. The van der Waals surface area contributed by atoms with E-state index in [-0.39, 0.29) is 23.0 Å². The molecule has 7 heteroatoms. The van der Waals surface area contributed by atoms with Gasteiger partial charge in [-0.2, -0.15) is 0 Å². The molecule has 27 heavy (non-hydrogen) atoms. The number of halogens is 1. The van der Waals surface area contributed by atoms with Gasteiger partial charge in [0.15, 0.2) is 0 Å². The molecule has 2 aromatic carbocycles. The Kier molecular flexibility index (Phi) is 7.79. The van der Waals surface area contributed by atoms with Crippen molar-refractivity contribution >= 4 is 23.4 Å². The molecule has 0 spiro atoms. The highest BCUT2D eigenvalue weighted by Crippen LogP contribution is 2.35. The lowest BCUT2D eigenvalue weighted by Gasteiger charge is -2.11. The molecule has 2 aromatic rings. The predicted octanol–water partition coefficient (Wildman–Crippen LogP) is 5.44. The quantitative estimate of drug-likeness (QED) is 0.457. The summed E-state index contributed by atoms with van der Waals surface area (Å²) in [6.07, 6.45) is 3.09. The lowest BCUT2D eigenvalue weighted by atomic mass is 10.0. The Morgan fingerprint density at radius 1 is 1.22 bits per heavy atom. The molecule has 0 saturated carbocycles. The van der Waals surface area contributed by atoms with Crippen molar-refractivity contribution in [2.45, 2.75) is 42.9 Å². The topological polar surface area (TPSA) is 72.2 Å². The van der Waals surface area contributed by atoms with Crippen LogP contribution in [0.1, 0.15) is 43.5 Å². The second-order valence-corrected chi connectivity index (χ2v) is 7.55. The molecule has 0 aliphatic carbocycles. The predicted molar refractivity (Wildman–Crippen MR) is 105 cm³/mol. The molecule has 0 heterocycles. The van der Waals surface area contributed by atoms with Gasteiger partial charge in [-0.15, -0.1) is 0 Å². The fourth-order valence-electron chi connectivity index (χ4n) is 2.69. The molecule has 0 aliphatic heterocycles. The fraction of sp³-hybridized carbons (Fsp3) is 0.350. The maximum atomic E-state index is 13.0. The molecular formula is C20H23FN2O3S. The summed E-state index contributed by atoms with van der Waals surface area (Å²) in [6, 6.07) is 10.1. The molecule has 0 radical (unpaired) electrons. The number of nitrogens with one attached hydrogen (secondary N) is 1. The second kappa shape index (κ2) is 10.1. The van der Waals surface area contributed by atoms with E-state index in [2.05, 4.69) is 19.2 Å². The van der Waals surface area contributed by atoms with Crippen LogP contribution in [-0.4, -0.2) is 17.4 Å². The summed E-state index contributed by atoms with van der Waals surface area (Å²) in [7, 11) is 0. The first-order valence-corrected chi connectivity index (χ1v) is 9.72. The maximum Gasteiger partial charge on any atom is 0.284 e. The Balaban J connectivity index is 2.08. The van der Waals surface area contributed by atoms with Gasteiger partial charge in [-0.3, -0.25) is 14.9 Å². The maximum absolute atomic E-state index is 13.0. The normalized spacial score (nSPS) is 11.8. The van der Waals surface area contributed by atoms with Gasteiger partial charge in [-0.1, -0.05) is 38.5 Å². The Morgan fingerprint density at radius 2 is 1.93 bits per heavy atom. The number of benzene rings is 2. The van der Waals surface area contributed by atoms with E-state index in [1.807, 2.05) is 0 Å². The average Bonchev–Trinajstić information content (AvgIpc) is 2.64. The van der Waals surface area contributed by atoms with Crippen LogP contribution in [0.15, 0.2) is 52.3 Å². The molecular weight excluding hydrogens is 367 g/mol. The van der Waals surface area contributed by atoms with Gasteiger partial charge in [-0.25, -0.2) is 4.39 Å². The van der Waals surface area contributed by atoms with Crippen LogP contribution in [0.3, 0.4) is 0 Å². The van der Waals surface area contributed by atoms with Gasteiger partial charge in [0, 0.05) is 23.1 Å². The van der Waals surface area contributed by atoms with E-state index in [4.69, 9.17) is 0 Å². The number of hydrogen-bond donors (Lipinski definition) is 1. The van der Waals surface area contributed by atoms with Gasteiger partial charge in [0.2, 0.25) is 0 Å². The lowest BCUT2D eigenvalue weighted by molar-refractivity contribution is -0.387. The molecule has 0 fully saturated rings. The van der Waals surface area contributed by atoms with Crippen LogP contribution in [0.5, 0.6) is 0 Å². The molecule has 0 aliphatic rings. The van der Waals surface area contributed by atoms with Gasteiger partial charge in [0.05, 0.1) is 9.82 Å². The Bertz CT molecular complexity index is 796. The zero-order chi connectivity index (χ0) is 19.8. The van der Waals surface area contributed by atoms with Crippen molar-refractivity contribution in [3.8, 4) is 0 Å². The van der Waals surface area contributed by atoms with E-state index < -0.39 is 4.92 Å². The molecule has 0 bridgehead atoms. The van der Waals surface area contributed by atoms with E-state index in [1.54, 1.807) is 24.3 Å². The minimum absolute atomic E-state index is 0.142. The van der Waals surface area contributed by atoms with Crippen molar-refractivity contribution in [2.75, 3.05) is 6.54 Å². The summed E-state index contributed by atoms with van der Waals surface area (Å²) in [6.45, 7) is 4.81. The Labute approximate surface area is 162 Å². The van der Waals surface area contributed by atoms with Gasteiger partial charge in [0.1, 0.15) is 5.82 Å². The number of rotatable bonds is 9. The van der Waals surface area contributed by atoms with Crippen LogP contribution in [0, 0.1) is 21.8 Å². The first-order chi connectivity index (χ1) is 12.9.